The van der Waals surface area contributed by atoms with Crippen molar-refractivity contribution in [2.75, 3.05) is 25.5 Å². The first kappa shape index (κ1) is 12.1. The van der Waals surface area contributed by atoms with Gasteiger partial charge in [-0.1, -0.05) is 0 Å². The van der Waals surface area contributed by atoms with Gasteiger partial charge in [-0.3, -0.25) is 0 Å². The predicted molar refractivity (Wildman–Crippen MR) is 50.6 cm³/mol. The van der Waals surface area contributed by atoms with Gasteiger partial charge in [0, 0.05) is 19.0 Å². The van der Waals surface area contributed by atoms with Crippen molar-refractivity contribution >= 4 is 11.6 Å². The minimum Gasteiger partial charge on any atom is -0.303 e. The number of hydrogen-bond donors (Lipinski definition) is 0. The fourth-order valence-electron chi connectivity index (χ4n) is 1.79. The highest BCUT2D eigenvalue weighted by Gasteiger charge is 2.30. The lowest BCUT2D eigenvalue weighted by molar-refractivity contribution is -0.137. The van der Waals surface area contributed by atoms with E-state index < -0.39 is 12.6 Å². The van der Waals surface area contributed by atoms with Crippen LogP contribution >= 0.6 is 11.6 Å². The van der Waals surface area contributed by atoms with E-state index in [1.165, 1.54) is 0 Å². The molecule has 0 aromatic heterocycles. The normalized spacial score (nSPS) is 24.4. The van der Waals surface area contributed by atoms with Gasteiger partial charge in [-0.05, 0) is 25.3 Å². The first-order valence-corrected chi connectivity index (χ1v) is 5.40. The largest absolute Gasteiger partial charge is 0.390 e. The molecule has 1 rings (SSSR count). The van der Waals surface area contributed by atoms with E-state index in [0.29, 0.717) is 11.8 Å². The van der Waals surface area contributed by atoms with Gasteiger partial charge in [0.25, 0.3) is 0 Å². The maximum absolute atomic E-state index is 11.9. The van der Waals surface area contributed by atoms with Gasteiger partial charge >= 0.3 is 6.18 Å². The zero-order chi connectivity index (χ0) is 10.6. The molecule has 0 saturated carbocycles. The van der Waals surface area contributed by atoms with Crippen molar-refractivity contribution in [3.8, 4) is 0 Å². The van der Waals surface area contributed by atoms with Crippen molar-refractivity contribution in [2.45, 2.75) is 25.4 Å². The van der Waals surface area contributed by atoms with Crippen molar-refractivity contribution < 1.29 is 13.2 Å². The Morgan fingerprint density at radius 1 is 1.36 bits per heavy atom. The molecule has 0 amide bonds. The smallest absolute Gasteiger partial charge is 0.303 e. The van der Waals surface area contributed by atoms with Crippen LogP contribution in [0.25, 0.3) is 0 Å². The molecule has 1 aliphatic rings. The number of hydrogen-bond acceptors (Lipinski definition) is 1. The second-order valence-electron chi connectivity index (χ2n) is 3.80. The highest BCUT2D eigenvalue weighted by atomic mass is 35.5. The fourth-order valence-corrected chi connectivity index (χ4v) is 2.10. The van der Waals surface area contributed by atoms with E-state index in [2.05, 4.69) is 0 Å². The molecule has 14 heavy (non-hydrogen) atoms. The zero-order valence-electron chi connectivity index (χ0n) is 7.99. The summed E-state index contributed by atoms with van der Waals surface area (Å²) < 4.78 is 35.7. The summed E-state index contributed by atoms with van der Waals surface area (Å²) in [4.78, 5) is 1.88. The zero-order valence-corrected chi connectivity index (χ0v) is 8.74. The molecule has 1 heterocycles. The van der Waals surface area contributed by atoms with Gasteiger partial charge in [0.2, 0.25) is 0 Å². The molecule has 1 fully saturated rings. The highest BCUT2D eigenvalue weighted by Crippen LogP contribution is 2.24. The van der Waals surface area contributed by atoms with E-state index in [-0.39, 0.29) is 6.54 Å². The van der Waals surface area contributed by atoms with Gasteiger partial charge in [-0.2, -0.15) is 13.2 Å². The summed E-state index contributed by atoms with van der Waals surface area (Å²) in [5.41, 5.74) is 0. The van der Waals surface area contributed by atoms with Crippen molar-refractivity contribution in [3.63, 3.8) is 0 Å². The molecule has 0 N–H and O–H groups in total. The van der Waals surface area contributed by atoms with E-state index in [4.69, 9.17) is 11.6 Å². The second kappa shape index (κ2) is 5.21. The Hall–Kier alpha value is 0.0400. The van der Waals surface area contributed by atoms with Crippen LogP contribution in [0, 0.1) is 5.92 Å². The Morgan fingerprint density at radius 3 is 2.64 bits per heavy atom. The molecule has 0 bridgehead atoms. The lowest BCUT2D eigenvalue weighted by atomic mass is 10.1. The Balaban J connectivity index is 2.16. The number of likely N-dealkylation sites (tertiary alicyclic amines) is 1. The van der Waals surface area contributed by atoms with Crippen molar-refractivity contribution in [1.82, 2.24) is 4.90 Å². The molecule has 5 heteroatoms. The van der Waals surface area contributed by atoms with Crippen molar-refractivity contribution in [1.29, 1.82) is 0 Å². The van der Waals surface area contributed by atoms with E-state index in [1.54, 1.807) is 0 Å². The predicted octanol–water partition coefficient (Wildman–Crippen LogP) is 2.89. The minimum atomic E-state index is -4.02. The van der Waals surface area contributed by atoms with Crippen LogP contribution in [0.15, 0.2) is 0 Å². The van der Waals surface area contributed by atoms with Gasteiger partial charge in [0.1, 0.15) is 0 Å². The molecular weight excluding hydrogens is 215 g/mol. The number of nitrogens with zero attached hydrogens (tertiary/aromatic N) is 1. The number of halogens is 4. The standard InChI is InChI=1S/C9H15ClF3N/c10-4-1-8-2-5-14(7-8)6-3-9(11,12)13/h8H,1-7H2. The van der Waals surface area contributed by atoms with E-state index in [0.717, 1.165) is 25.9 Å². The number of alkyl halides is 4. The topological polar surface area (TPSA) is 3.24 Å². The molecule has 0 radical (unpaired) electrons. The summed E-state index contributed by atoms with van der Waals surface area (Å²) in [7, 11) is 0. The Morgan fingerprint density at radius 2 is 2.07 bits per heavy atom. The molecular formula is C9H15ClF3N. The van der Waals surface area contributed by atoms with Crippen LogP contribution in [-0.4, -0.2) is 36.6 Å². The van der Waals surface area contributed by atoms with Crippen molar-refractivity contribution in [2.24, 2.45) is 5.92 Å². The van der Waals surface area contributed by atoms with E-state index in [9.17, 15) is 13.2 Å². The summed E-state index contributed by atoms with van der Waals surface area (Å²) in [6.45, 7) is 1.71. The summed E-state index contributed by atoms with van der Waals surface area (Å²) in [6.07, 6.45) is -2.81. The Labute approximate surface area is 87.2 Å². The average Bonchev–Trinajstić information content (AvgIpc) is 2.49. The third-order valence-electron chi connectivity index (χ3n) is 2.60. The fraction of sp³-hybridized carbons (Fsp3) is 1.00. The first-order valence-electron chi connectivity index (χ1n) is 4.86. The van der Waals surface area contributed by atoms with Crippen LogP contribution in [0.2, 0.25) is 0 Å². The molecule has 1 unspecified atom stereocenters. The Bertz CT molecular complexity index is 172. The maximum atomic E-state index is 11.9. The SMILES string of the molecule is FC(F)(F)CCN1CCC(CCCl)C1. The Kier molecular flexibility index (Phi) is 4.51. The van der Waals surface area contributed by atoms with Crippen LogP contribution in [-0.2, 0) is 0 Å². The quantitative estimate of drug-likeness (QED) is 0.670. The van der Waals surface area contributed by atoms with Crippen molar-refractivity contribution in [3.05, 3.63) is 0 Å². The van der Waals surface area contributed by atoms with Crippen LogP contribution in [0.5, 0.6) is 0 Å². The average molecular weight is 230 g/mol. The molecule has 1 atom stereocenters. The van der Waals surface area contributed by atoms with Crippen LogP contribution in [0.4, 0.5) is 13.2 Å². The maximum Gasteiger partial charge on any atom is 0.390 e. The molecule has 1 saturated heterocycles. The summed E-state index contributed by atoms with van der Waals surface area (Å²) in [6, 6.07) is 0. The monoisotopic (exact) mass is 229 g/mol. The lowest BCUT2D eigenvalue weighted by Gasteiger charge is -2.16. The van der Waals surface area contributed by atoms with Gasteiger partial charge in [-0.15, -0.1) is 11.6 Å². The minimum absolute atomic E-state index is 0.141. The van der Waals surface area contributed by atoms with Gasteiger partial charge in [0.05, 0.1) is 6.42 Å². The van der Waals surface area contributed by atoms with Gasteiger partial charge in [0.15, 0.2) is 0 Å². The first-order chi connectivity index (χ1) is 6.51. The second-order valence-corrected chi connectivity index (χ2v) is 4.18. The number of rotatable bonds is 4. The molecule has 0 aromatic rings. The third-order valence-corrected chi connectivity index (χ3v) is 2.82. The third kappa shape index (κ3) is 4.51. The van der Waals surface area contributed by atoms with E-state index >= 15 is 0 Å². The summed E-state index contributed by atoms with van der Waals surface area (Å²) in [5, 5.41) is 0. The molecule has 0 aliphatic carbocycles. The molecule has 1 aliphatic heterocycles. The van der Waals surface area contributed by atoms with Gasteiger partial charge in [-0.25, -0.2) is 0 Å². The molecule has 1 nitrogen and oxygen atoms in total. The molecule has 0 aromatic carbocycles. The molecule has 0 spiro atoms. The van der Waals surface area contributed by atoms with Gasteiger partial charge < -0.3 is 4.90 Å². The highest BCUT2D eigenvalue weighted by molar-refractivity contribution is 6.17. The van der Waals surface area contributed by atoms with Crippen LogP contribution < -0.4 is 0 Å². The summed E-state index contributed by atoms with van der Waals surface area (Å²) in [5.74, 6) is 1.11. The van der Waals surface area contributed by atoms with Crippen LogP contribution in [0.3, 0.4) is 0 Å². The molecule has 84 valence electrons. The van der Waals surface area contributed by atoms with E-state index in [1.807, 2.05) is 4.90 Å². The lowest BCUT2D eigenvalue weighted by Crippen LogP contribution is -2.26. The summed E-state index contributed by atoms with van der Waals surface area (Å²) >= 11 is 5.58. The van der Waals surface area contributed by atoms with Crippen LogP contribution in [0.1, 0.15) is 19.3 Å².